The van der Waals surface area contributed by atoms with Crippen molar-refractivity contribution in [1.29, 1.82) is 0 Å². The van der Waals surface area contributed by atoms with E-state index < -0.39 is 12.6 Å². The van der Waals surface area contributed by atoms with Gasteiger partial charge in [0.15, 0.2) is 12.4 Å². The first kappa shape index (κ1) is 18.6. The van der Waals surface area contributed by atoms with Crippen molar-refractivity contribution >= 4 is 16.9 Å². The molecule has 0 unspecified atom stereocenters. The van der Waals surface area contributed by atoms with Crippen LogP contribution in [0.15, 0.2) is 80.6 Å². The van der Waals surface area contributed by atoms with Gasteiger partial charge in [-0.3, -0.25) is 4.79 Å². The Labute approximate surface area is 166 Å². The van der Waals surface area contributed by atoms with Gasteiger partial charge in [0, 0.05) is 0 Å². The van der Waals surface area contributed by atoms with E-state index in [2.05, 4.69) is 0 Å². The smallest absolute Gasteiger partial charge is 0.344 e. The predicted octanol–water partition coefficient (Wildman–Crippen LogP) is 4.48. The number of furan rings is 1. The molecular weight excluding hydrogens is 372 g/mol. The summed E-state index contributed by atoms with van der Waals surface area (Å²) in [4.78, 5) is 25.1. The van der Waals surface area contributed by atoms with Crippen molar-refractivity contribution in [3.05, 3.63) is 88.3 Å². The van der Waals surface area contributed by atoms with Crippen LogP contribution >= 0.6 is 0 Å². The largest absolute Gasteiger partial charge is 0.474 e. The molecule has 0 N–H and O–H groups in total. The van der Waals surface area contributed by atoms with Crippen molar-refractivity contribution in [3.8, 4) is 17.3 Å². The number of rotatable bonds is 6. The minimum Gasteiger partial charge on any atom is -0.474 e. The maximum absolute atomic E-state index is 13.0. The Morgan fingerprint density at radius 1 is 1.03 bits per heavy atom. The molecule has 0 fully saturated rings. The Hall–Kier alpha value is -3.80. The number of ether oxygens (including phenoxy) is 2. The summed E-state index contributed by atoms with van der Waals surface area (Å²) >= 11 is 0. The van der Waals surface area contributed by atoms with E-state index in [4.69, 9.17) is 18.3 Å². The molecule has 146 valence electrons. The van der Waals surface area contributed by atoms with Gasteiger partial charge in [-0.1, -0.05) is 36.4 Å². The van der Waals surface area contributed by atoms with Crippen molar-refractivity contribution < 1.29 is 23.1 Å². The summed E-state index contributed by atoms with van der Waals surface area (Å²) < 4.78 is 22.0. The molecule has 0 aliphatic heterocycles. The first-order valence-electron chi connectivity index (χ1n) is 9.05. The van der Waals surface area contributed by atoms with Crippen LogP contribution in [-0.2, 0) is 16.1 Å². The maximum atomic E-state index is 13.0. The molecule has 6 nitrogen and oxygen atoms in total. The topological polar surface area (TPSA) is 78.9 Å². The van der Waals surface area contributed by atoms with Crippen LogP contribution in [0.3, 0.4) is 0 Å². The van der Waals surface area contributed by atoms with E-state index in [-0.39, 0.29) is 23.5 Å². The number of esters is 1. The number of carbonyl (C=O) groups excluding carboxylic acids is 1. The van der Waals surface area contributed by atoms with Crippen molar-refractivity contribution in [2.75, 3.05) is 6.61 Å². The zero-order valence-electron chi connectivity index (χ0n) is 15.7. The fourth-order valence-corrected chi connectivity index (χ4v) is 2.90. The summed E-state index contributed by atoms with van der Waals surface area (Å²) in [5, 5.41) is 0.360. The molecule has 0 radical (unpaired) electrons. The fourth-order valence-electron chi connectivity index (χ4n) is 2.90. The van der Waals surface area contributed by atoms with Crippen molar-refractivity contribution in [3.63, 3.8) is 0 Å². The third kappa shape index (κ3) is 4.06. The van der Waals surface area contributed by atoms with E-state index in [0.29, 0.717) is 16.7 Å². The highest BCUT2D eigenvalue weighted by Crippen LogP contribution is 2.31. The van der Waals surface area contributed by atoms with E-state index >= 15 is 0 Å². The van der Waals surface area contributed by atoms with Crippen LogP contribution in [0.1, 0.15) is 11.1 Å². The molecule has 0 saturated carbocycles. The van der Waals surface area contributed by atoms with Gasteiger partial charge in [-0.05, 0) is 42.3 Å². The van der Waals surface area contributed by atoms with Crippen LogP contribution in [0.4, 0.5) is 0 Å². The summed E-state index contributed by atoms with van der Waals surface area (Å²) in [6, 6.07) is 17.9. The third-order valence-electron chi connectivity index (χ3n) is 4.33. The first-order valence-corrected chi connectivity index (χ1v) is 9.05. The predicted molar refractivity (Wildman–Crippen MR) is 107 cm³/mol. The van der Waals surface area contributed by atoms with Crippen LogP contribution in [0.2, 0.25) is 0 Å². The molecule has 0 saturated heterocycles. The summed E-state index contributed by atoms with van der Waals surface area (Å²) in [6.07, 6.45) is 1.47. The molecule has 4 rings (SSSR count). The Morgan fingerprint density at radius 2 is 1.86 bits per heavy atom. The minimum atomic E-state index is -0.595. The van der Waals surface area contributed by atoms with Gasteiger partial charge >= 0.3 is 5.97 Å². The van der Waals surface area contributed by atoms with Crippen molar-refractivity contribution in [2.24, 2.45) is 0 Å². The summed E-state index contributed by atoms with van der Waals surface area (Å²) in [5.74, 6) is -0.220. The zero-order valence-corrected chi connectivity index (χ0v) is 15.7. The van der Waals surface area contributed by atoms with Gasteiger partial charge in [-0.15, -0.1) is 0 Å². The monoisotopic (exact) mass is 390 g/mol. The van der Waals surface area contributed by atoms with Crippen LogP contribution in [0.25, 0.3) is 22.5 Å². The van der Waals surface area contributed by atoms with Gasteiger partial charge in [-0.25, -0.2) is 4.79 Å². The second kappa shape index (κ2) is 8.06. The third-order valence-corrected chi connectivity index (χ3v) is 4.33. The van der Waals surface area contributed by atoms with E-state index in [1.807, 2.05) is 43.3 Å². The molecule has 6 heteroatoms. The van der Waals surface area contributed by atoms with Gasteiger partial charge in [0.25, 0.3) is 0 Å². The lowest BCUT2D eigenvalue weighted by Gasteiger charge is -2.10. The normalized spacial score (nSPS) is 10.8. The van der Waals surface area contributed by atoms with Crippen LogP contribution in [0, 0.1) is 6.92 Å². The van der Waals surface area contributed by atoms with E-state index in [9.17, 15) is 9.59 Å². The zero-order chi connectivity index (χ0) is 20.2. The molecule has 0 aliphatic carbocycles. The molecule has 29 heavy (non-hydrogen) atoms. The molecular formula is C23H18O6. The van der Waals surface area contributed by atoms with Gasteiger partial charge in [-0.2, -0.15) is 0 Å². The standard InChI is InChI=1S/C23H18O6/c1-15-9-10-17-19(12-15)29-22(18-8-5-11-26-18)23(21(17)25)28-14-20(24)27-13-16-6-3-2-4-7-16/h2-12H,13-14H2,1H3. The van der Waals surface area contributed by atoms with E-state index in [0.717, 1.165) is 11.1 Å². The molecule has 0 amide bonds. The summed E-state index contributed by atoms with van der Waals surface area (Å²) in [6.45, 7) is 1.60. The molecule has 0 aliphatic rings. The number of hydrogen-bond donors (Lipinski definition) is 0. The van der Waals surface area contributed by atoms with Crippen LogP contribution < -0.4 is 10.2 Å². The molecule has 2 aromatic carbocycles. The number of hydrogen-bond acceptors (Lipinski definition) is 6. The van der Waals surface area contributed by atoms with Crippen LogP contribution in [-0.4, -0.2) is 12.6 Å². The molecule has 2 aromatic heterocycles. The van der Waals surface area contributed by atoms with E-state index in [1.165, 1.54) is 6.26 Å². The van der Waals surface area contributed by atoms with Gasteiger partial charge in [0.1, 0.15) is 12.2 Å². The lowest BCUT2D eigenvalue weighted by atomic mass is 10.1. The fraction of sp³-hybridized carbons (Fsp3) is 0.130. The number of carbonyl (C=O) groups is 1. The molecule has 0 bridgehead atoms. The molecule has 2 heterocycles. The van der Waals surface area contributed by atoms with Crippen molar-refractivity contribution in [2.45, 2.75) is 13.5 Å². The SMILES string of the molecule is Cc1ccc2c(=O)c(OCC(=O)OCc3ccccc3)c(-c3ccco3)oc2c1. The second-order valence-electron chi connectivity index (χ2n) is 6.50. The maximum Gasteiger partial charge on any atom is 0.344 e. The average Bonchev–Trinajstić information content (AvgIpc) is 3.26. The minimum absolute atomic E-state index is 0.0898. The first-order chi connectivity index (χ1) is 14.1. The molecule has 0 spiro atoms. The number of fused-ring (bicyclic) bond motifs is 1. The van der Waals surface area contributed by atoms with Crippen molar-refractivity contribution in [1.82, 2.24) is 0 Å². The van der Waals surface area contributed by atoms with Gasteiger partial charge in [0.05, 0.1) is 11.6 Å². The van der Waals surface area contributed by atoms with Gasteiger partial charge < -0.3 is 18.3 Å². The lowest BCUT2D eigenvalue weighted by molar-refractivity contribution is -0.147. The Kier molecular flexibility index (Phi) is 5.16. The quantitative estimate of drug-likeness (QED) is 0.452. The average molecular weight is 390 g/mol. The van der Waals surface area contributed by atoms with Gasteiger partial charge in [0.2, 0.25) is 16.9 Å². The molecule has 4 aromatic rings. The Balaban J connectivity index is 1.59. The highest BCUT2D eigenvalue weighted by molar-refractivity contribution is 5.82. The van der Waals surface area contributed by atoms with E-state index in [1.54, 1.807) is 24.3 Å². The second-order valence-corrected chi connectivity index (χ2v) is 6.50. The number of benzene rings is 2. The summed E-state index contributed by atoms with van der Waals surface area (Å²) in [7, 11) is 0. The highest BCUT2D eigenvalue weighted by Gasteiger charge is 2.21. The highest BCUT2D eigenvalue weighted by atomic mass is 16.6. The Morgan fingerprint density at radius 3 is 2.62 bits per heavy atom. The summed E-state index contributed by atoms with van der Waals surface area (Å²) in [5.41, 5.74) is 1.84. The molecule has 0 atom stereocenters. The number of aryl methyl sites for hydroxylation is 1. The lowest BCUT2D eigenvalue weighted by Crippen LogP contribution is -2.18. The Bertz CT molecular complexity index is 1190. The van der Waals surface area contributed by atoms with Crippen LogP contribution in [0.5, 0.6) is 5.75 Å².